The molecule has 1 aromatic carbocycles. The molecule has 3 N–H and O–H groups in total. The Labute approximate surface area is 163 Å². The van der Waals surface area contributed by atoms with E-state index < -0.39 is 5.91 Å². The number of hydrogen-bond donors (Lipinski definition) is 2. The number of methoxy groups -OCH3 is 1. The lowest BCUT2D eigenvalue weighted by Gasteiger charge is -2.25. The largest absolute Gasteiger partial charge is 0.497 e. The van der Waals surface area contributed by atoms with E-state index in [1.165, 1.54) is 22.7 Å². The van der Waals surface area contributed by atoms with Crippen LogP contribution in [-0.2, 0) is 17.8 Å². The maximum Gasteiger partial charge on any atom is 0.251 e. The van der Waals surface area contributed by atoms with Crippen molar-refractivity contribution in [2.45, 2.75) is 19.9 Å². The number of nitrogens with zero attached hydrogens (tertiary/aromatic N) is 2. The molecule has 0 atom stereocenters. The SMILES string of the molecule is COc1ccc2nc(Nc3sc4c(c3C(N)=O)CCN(C(C)=O)C4)sc2c1. The van der Waals surface area contributed by atoms with E-state index in [0.29, 0.717) is 35.2 Å². The summed E-state index contributed by atoms with van der Waals surface area (Å²) >= 11 is 2.94. The number of primary amides is 1. The van der Waals surface area contributed by atoms with Gasteiger partial charge in [-0.2, -0.15) is 0 Å². The summed E-state index contributed by atoms with van der Waals surface area (Å²) in [6.45, 7) is 2.66. The highest BCUT2D eigenvalue weighted by Gasteiger charge is 2.28. The molecule has 0 spiro atoms. The molecule has 1 aliphatic rings. The first-order valence-electron chi connectivity index (χ1n) is 8.37. The molecule has 0 aliphatic carbocycles. The van der Waals surface area contributed by atoms with Gasteiger partial charge in [-0.05, 0) is 30.2 Å². The van der Waals surface area contributed by atoms with E-state index in [-0.39, 0.29) is 5.91 Å². The molecule has 0 fully saturated rings. The van der Waals surface area contributed by atoms with Gasteiger partial charge in [-0.15, -0.1) is 11.3 Å². The van der Waals surface area contributed by atoms with Crippen LogP contribution >= 0.6 is 22.7 Å². The van der Waals surface area contributed by atoms with Crippen molar-refractivity contribution < 1.29 is 14.3 Å². The van der Waals surface area contributed by atoms with Crippen LogP contribution in [0.15, 0.2) is 18.2 Å². The third-order valence-corrected chi connectivity index (χ3v) is 6.63. The van der Waals surface area contributed by atoms with Gasteiger partial charge in [-0.3, -0.25) is 9.59 Å². The number of hydrogen-bond acceptors (Lipinski definition) is 7. The number of nitrogens with two attached hydrogens (primary N) is 1. The monoisotopic (exact) mass is 402 g/mol. The molecule has 0 bridgehead atoms. The smallest absolute Gasteiger partial charge is 0.251 e. The van der Waals surface area contributed by atoms with Gasteiger partial charge in [-0.25, -0.2) is 4.98 Å². The number of ether oxygens (including phenoxy) is 1. The van der Waals surface area contributed by atoms with Gasteiger partial charge in [-0.1, -0.05) is 11.3 Å². The summed E-state index contributed by atoms with van der Waals surface area (Å²) in [4.78, 5) is 31.1. The van der Waals surface area contributed by atoms with Crippen molar-refractivity contribution in [2.24, 2.45) is 5.73 Å². The van der Waals surface area contributed by atoms with Gasteiger partial charge >= 0.3 is 0 Å². The number of amides is 2. The highest BCUT2D eigenvalue weighted by molar-refractivity contribution is 7.23. The lowest BCUT2D eigenvalue weighted by atomic mass is 10.0. The molecule has 1 aliphatic heterocycles. The summed E-state index contributed by atoms with van der Waals surface area (Å²) in [5, 5.41) is 4.63. The Kier molecular flexibility index (Phi) is 4.48. The van der Waals surface area contributed by atoms with Crippen LogP contribution in [0.2, 0.25) is 0 Å². The molecular weight excluding hydrogens is 384 g/mol. The first-order valence-corrected chi connectivity index (χ1v) is 10.0. The lowest BCUT2D eigenvalue weighted by Crippen LogP contribution is -2.34. The summed E-state index contributed by atoms with van der Waals surface area (Å²) in [7, 11) is 1.63. The minimum atomic E-state index is -0.464. The molecular formula is C18H18N4O3S2. The van der Waals surface area contributed by atoms with Crippen LogP contribution in [0, 0.1) is 0 Å². The normalized spacial score (nSPS) is 13.5. The minimum absolute atomic E-state index is 0.0318. The van der Waals surface area contributed by atoms with Crippen LogP contribution in [0.25, 0.3) is 10.2 Å². The van der Waals surface area contributed by atoms with Gasteiger partial charge in [0.15, 0.2) is 5.13 Å². The van der Waals surface area contributed by atoms with Gasteiger partial charge < -0.3 is 20.7 Å². The van der Waals surface area contributed by atoms with Gasteiger partial charge in [0.2, 0.25) is 5.91 Å². The fraction of sp³-hybridized carbons (Fsp3) is 0.278. The zero-order valence-electron chi connectivity index (χ0n) is 14.9. The fourth-order valence-corrected chi connectivity index (χ4v) is 5.43. The predicted octanol–water partition coefficient (Wildman–Crippen LogP) is 3.11. The number of aromatic nitrogens is 1. The third-order valence-electron chi connectivity index (χ3n) is 4.56. The Hall–Kier alpha value is -2.65. The van der Waals surface area contributed by atoms with E-state index in [9.17, 15) is 9.59 Å². The van der Waals surface area contributed by atoms with Crippen molar-refractivity contribution in [1.29, 1.82) is 0 Å². The minimum Gasteiger partial charge on any atom is -0.497 e. The summed E-state index contributed by atoms with van der Waals surface area (Å²) < 4.78 is 6.24. The summed E-state index contributed by atoms with van der Waals surface area (Å²) in [6.07, 6.45) is 0.627. The van der Waals surface area contributed by atoms with Crippen LogP contribution < -0.4 is 15.8 Å². The van der Waals surface area contributed by atoms with Gasteiger partial charge in [0.25, 0.3) is 5.91 Å². The Bertz CT molecular complexity index is 1060. The zero-order chi connectivity index (χ0) is 19.1. The van der Waals surface area contributed by atoms with E-state index in [1.54, 1.807) is 18.9 Å². The molecule has 2 aromatic heterocycles. The van der Waals surface area contributed by atoms with E-state index in [4.69, 9.17) is 10.5 Å². The van der Waals surface area contributed by atoms with E-state index >= 15 is 0 Å². The number of anilines is 2. The number of carbonyl (C=O) groups is 2. The Morgan fingerprint density at radius 1 is 1.33 bits per heavy atom. The molecule has 0 radical (unpaired) electrons. The van der Waals surface area contributed by atoms with Crippen molar-refractivity contribution in [2.75, 3.05) is 19.0 Å². The van der Waals surface area contributed by atoms with Gasteiger partial charge in [0, 0.05) is 18.3 Å². The predicted molar refractivity (Wildman–Crippen MR) is 107 cm³/mol. The third kappa shape index (κ3) is 3.24. The molecule has 0 saturated heterocycles. The van der Waals surface area contributed by atoms with Crippen LogP contribution in [-0.4, -0.2) is 35.4 Å². The standard InChI is InChI=1S/C18H18N4O3S2/c1-9(23)22-6-5-11-14(8-22)26-17(15(11)16(19)24)21-18-20-12-4-3-10(25-2)7-13(12)27-18/h3-4,7H,5-6,8H2,1-2H3,(H2,19,24)(H,20,21). The maximum atomic E-state index is 12.1. The number of thiophene rings is 1. The second-order valence-electron chi connectivity index (χ2n) is 6.24. The van der Waals surface area contributed by atoms with E-state index in [0.717, 1.165) is 26.4 Å². The van der Waals surface area contributed by atoms with Crippen LogP contribution in [0.3, 0.4) is 0 Å². The molecule has 4 rings (SSSR count). The molecule has 3 heterocycles. The van der Waals surface area contributed by atoms with E-state index in [2.05, 4.69) is 10.3 Å². The Morgan fingerprint density at radius 3 is 2.85 bits per heavy atom. The molecule has 0 saturated carbocycles. The summed E-state index contributed by atoms with van der Waals surface area (Å²) in [5.74, 6) is 0.338. The summed E-state index contributed by atoms with van der Waals surface area (Å²) in [6, 6.07) is 5.69. The topological polar surface area (TPSA) is 97.6 Å². The van der Waals surface area contributed by atoms with Crippen LogP contribution in [0.5, 0.6) is 5.75 Å². The van der Waals surface area contributed by atoms with Crippen LogP contribution in [0.4, 0.5) is 10.1 Å². The highest BCUT2D eigenvalue weighted by atomic mass is 32.1. The number of carbonyl (C=O) groups excluding carboxylic acids is 2. The zero-order valence-corrected chi connectivity index (χ0v) is 16.5. The second-order valence-corrected chi connectivity index (χ2v) is 8.38. The quantitative estimate of drug-likeness (QED) is 0.699. The van der Waals surface area contributed by atoms with Crippen molar-refractivity contribution in [1.82, 2.24) is 9.88 Å². The molecule has 140 valence electrons. The fourth-order valence-electron chi connectivity index (χ4n) is 3.20. The van der Waals surface area contributed by atoms with Gasteiger partial charge in [0.05, 0.1) is 29.4 Å². The Balaban J connectivity index is 1.70. The number of thiazole rings is 1. The number of rotatable bonds is 4. The molecule has 3 aromatic rings. The van der Waals surface area contributed by atoms with Crippen molar-refractivity contribution in [3.63, 3.8) is 0 Å². The molecule has 7 nitrogen and oxygen atoms in total. The number of benzene rings is 1. The van der Waals surface area contributed by atoms with Crippen molar-refractivity contribution in [3.05, 3.63) is 34.2 Å². The first-order chi connectivity index (χ1) is 13.0. The number of fused-ring (bicyclic) bond motifs is 2. The Morgan fingerprint density at radius 2 is 2.15 bits per heavy atom. The molecule has 27 heavy (non-hydrogen) atoms. The number of nitrogens with one attached hydrogen (secondary N) is 1. The van der Waals surface area contributed by atoms with Gasteiger partial charge in [0.1, 0.15) is 10.8 Å². The molecule has 9 heteroatoms. The van der Waals surface area contributed by atoms with Crippen molar-refractivity contribution >= 4 is 54.8 Å². The molecule has 0 unspecified atom stereocenters. The second kappa shape index (κ2) is 6.82. The maximum absolute atomic E-state index is 12.1. The van der Waals surface area contributed by atoms with E-state index in [1.807, 2.05) is 18.2 Å². The summed E-state index contributed by atoms with van der Waals surface area (Å²) in [5.41, 5.74) is 7.96. The average Bonchev–Trinajstić information content (AvgIpc) is 3.20. The average molecular weight is 403 g/mol. The van der Waals surface area contributed by atoms with Crippen molar-refractivity contribution in [3.8, 4) is 5.75 Å². The highest BCUT2D eigenvalue weighted by Crippen LogP contribution is 2.40. The molecule has 2 amide bonds. The first kappa shape index (κ1) is 17.7. The van der Waals surface area contributed by atoms with Crippen LogP contribution in [0.1, 0.15) is 27.7 Å². The lowest BCUT2D eigenvalue weighted by molar-refractivity contribution is -0.129.